The quantitative estimate of drug-likeness (QED) is 0.818. The van der Waals surface area contributed by atoms with Crippen molar-refractivity contribution in [3.63, 3.8) is 0 Å². The number of halogens is 3. The van der Waals surface area contributed by atoms with Crippen molar-refractivity contribution < 1.29 is 22.7 Å². The summed E-state index contributed by atoms with van der Waals surface area (Å²) in [5.41, 5.74) is 0.821. The Kier molecular flexibility index (Phi) is 4.74. The molecule has 5 rings (SSSR count). The molecule has 1 aromatic heterocycles. The highest BCUT2D eigenvalue weighted by Crippen LogP contribution is 2.31. The number of alkyl halides is 3. The number of carbonyl (C=O) groups is 1. The second-order valence-electron chi connectivity index (χ2n) is 7.80. The molecule has 5 nitrogen and oxygen atoms in total. The standard InChI is InChI=1S/C23H18F3N3O2/c24-23(25,26)20-6-2-5-18(28-20)22(30)29-17-4-1-3-16-21(17)15-8-7-13(10-19(15)27-16)9-14-11-31-12-14/h1-8,10,13-14H,9,11-12H2,(H,29,30). The Labute approximate surface area is 175 Å². The van der Waals surface area contributed by atoms with Crippen LogP contribution in [-0.4, -0.2) is 24.1 Å². The van der Waals surface area contributed by atoms with Crippen LogP contribution in [0.4, 0.5) is 18.9 Å². The second kappa shape index (κ2) is 7.46. The summed E-state index contributed by atoms with van der Waals surface area (Å²) in [6, 6.07) is 8.57. The molecule has 0 bridgehead atoms. The van der Waals surface area contributed by atoms with E-state index in [9.17, 15) is 18.0 Å². The first-order valence-corrected chi connectivity index (χ1v) is 9.94. The molecule has 1 aliphatic carbocycles. The number of nitrogens with zero attached hydrogens (tertiary/aromatic N) is 2. The summed E-state index contributed by atoms with van der Waals surface area (Å²) in [6.07, 6.45) is 2.63. The van der Waals surface area contributed by atoms with E-state index in [1.54, 1.807) is 12.1 Å². The normalized spacial score (nSPS) is 19.8. The number of hydrogen-bond acceptors (Lipinski definition) is 4. The van der Waals surface area contributed by atoms with E-state index in [2.05, 4.69) is 27.4 Å². The van der Waals surface area contributed by atoms with Gasteiger partial charge in [-0.3, -0.25) is 4.79 Å². The van der Waals surface area contributed by atoms with E-state index in [0.29, 0.717) is 17.0 Å². The zero-order chi connectivity index (χ0) is 21.6. The number of anilines is 1. The van der Waals surface area contributed by atoms with Crippen LogP contribution in [0.2, 0.25) is 0 Å². The molecule has 2 aromatic rings. The first kappa shape index (κ1) is 19.7. The van der Waals surface area contributed by atoms with Crippen molar-refractivity contribution in [1.82, 2.24) is 4.98 Å². The molecule has 158 valence electrons. The van der Waals surface area contributed by atoms with E-state index in [0.717, 1.165) is 42.2 Å². The van der Waals surface area contributed by atoms with Crippen LogP contribution in [-0.2, 0) is 10.9 Å². The highest BCUT2D eigenvalue weighted by atomic mass is 19.4. The average molecular weight is 425 g/mol. The zero-order valence-electron chi connectivity index (χ0n) is 16.3. The van der Waals surface area contributed by atoms with Gasteiger partial charge < -0.3 is 10.1 Å². The lowest BCUT2D eigenvalue weighted by Gasteiger charge is -2.28. The molecule has 1 aromatic carbocycles. The lowest BCUT2D eigenvalue weighted by Crippen LogP contribution is -2.30. The van der Waals surface area contributed by atoms with Gasteiger partial charge >= 0.3 is 6.18 Å². The van der Waals surface area contributed by atoms with Crippen LogP contribution < -0.4 is 15.9 Å². The predicted octanol–water partition coefficient (Wildman–Crippen LogP) is 3.24. The fourth-order valence-corrected chi connectivity index (χ4v) is 3.97. The molecule has 1 saturated heterocycles. The van der Waals surface area contributed by atoms with Crippen molar-refractivity contribution in [3.8, 4) is 0 Å². The van der Waals surface area contributed by atoms with Gasteiger partial charge in [-0.05, 0) is 36.6 Å². The third-order valence-corrected chi connectivity index (χ3v) is 5.54. The number of ether oxygens (including phenoxy) is 1. The Morgan fingerprint density at radius 2 is 1.97 bits per heavy atom. The van der Waals surface area contributed by atoms with Gasteiger partial charge in [0.15, 0.2) is 0 Å². The van der Waals surface area contributed by atoms with E-state index in [4.69, 9.17) is 4.74 Å². The Bertz CT molecular complexity index is 1240. The van der Waals surface area contributed by atoms with Crippen molar-refractivity contribution >= 4 is 17.2 Å². The maximum atomic E-state index is 12.9. The van der Waals surface area contributed by atoms with Crippen molar-refractivity contribution in [3.05, 3.63) is 82.3 Å². The number of aromatic nitrogens is 1. The van der Waals surface area contributed by atoms with Crippen molar-refractivity contribution in [1.29, 1.82) is 0 Å². The first-order valence-electron chi connectivity index (χ1n) is 9.94. The summed E-state index contributed by atoms with van der Waals surface area (Å²) >= 11 is 0. The predicted molar refractivity (Wildman–Crippen MR) is 107 cm³/mol. The fraction of sp³-hybridized carbons (Fsp3) is 0.261. The number of pyridine rings is 1. The molecular formula is C23H18F3N3O2. The third-order valence-electron chi connectivity index (χ3n) is 5.54. The van der Waals surface area contributed by atoms with Gasteiger partial charge in [-0.25, -0.2) is 9.98 Å². The van der Waals surface area contributed by atoms with Gasteiger partial charge in [0.2, 0.25) is 0 Å². The third kappa shape index (κ3) is 3.79. The van der Waals surface area contributed by atoms with E-state index in [1.807, 2.05) is 12.1 Å². The number of rotatable bonds is 4. The van der Waals surface area contributed by atoms with E-state index < -0.39 is 17.8 Å². The van der Waals surface area contributed by atoms with Crippen LogP contribution in [0.5, 0.6) is 0 Å². The number of hydrogen-bond donors (Lipinski definition) is 1. The lowest BCUT2D eigenvalue weighted by atomic mass is 9.88. The van der Waals surface area contributed by atoms with Crippen LogP contribution in [0.25, 0.3) is 5.57 Å². The van der Waals surface area contributed by atoms with E-state index in [-0.39, 0.29) is 11.6 Å². The van der Waals surface area contributed by atoms with Crippen molar-refractivity contribution in [2.24, 2.45) is 16.8 Å². The fourth-order valence-electron chi connectivity index (χ4n) is 3.97. The maximum Gasteiger partial charge on any atom is 0.433 e. The van der Waals surface area contributed by atoms with Gasteiger partial charge in [-0.2, -0.15) is 13.2 Å². The summed E-state index contributed by atoms with van der Waals surface area (Å²) in [4.78, 5) is 20.8. The highest BCUT2D eigenvalue weighted by molar-refractivity contribution is 6.03. The van der Waals surface area contributed by atoms with Gasteiger partial charge in [-0.1, -0.05) is 30.4 Å². The molecule has 1 N–H and O–H groups in total. The second-order valence-corrected chi connectivity index (χ2v) is 7.80. The number of benzene rings is 1. The van der Waals surface area contributed by atoms with Gasteiger partial charge in [-0.15, -0.1) is 0 Å². The lowest BCUT2D eigenvalue weighted by molar-refractivity contribution is -0.141. The summed E-state index contributed by atoms with van der Waals surface area (Å²) in [5.74, 6) is 0.130. The Balaban J connectivity index is 1.45. The monoisotopic (exact) mass is 425 g/mol. The maximum absolute atomic E-state index is 12.9. The Morgan fingerprint density at radius 3 is 2.71 bits per heavy atom. The van der Waals surface area contributed by atoms with Crippen molar-refractivity contribution in [2.45, 2.75) is 12.6 Å². The largest absolute Gasteiger partial charge is 0.433 e. The molecule has 3 heterocycles. The molecule has 0 spiro atoms. The van der Waals surface area contributed by atoms with Crippen LogP contribution in [0.15, 0.2) is 65.3 Å². The summed E-state index contributed by atoms with van der Waals surface area (Å²) in [7, 11) is 0. The minimum atomic E-state index is -4.62. The molecule has 2 aliphatic heterocycles. The number of carbonyl (C=O) groups excluding carboxylic acids is 1. The Hall–Kier alpha value is -3.26. The molecule has 1 fully saturated rings. The van der Waals surface area contributed by atoms with Crippen LogP contribution >= 0.6 is 0 Å². The summed E-state index contributed by atoms with van der Waals surface area (Å²) < 4.78 is 44.0. The molecule has 0 saturated carbocycles. The average Bonchev–Trinajstić information content (AvgIpc) is 3.09. The van der Waals surface area contributed by atoms with Gasteiger partial charge in [0.05, 0.1) is 30.0 Å². The summed E-state index contributed by atoms with van der Waals surface area (Å²) in [6.45, 7) is 1.59. The van der Waals surface area contributed by atoms with Crippen LogP contribution in [0.1, 0.15) is 22.6 Å². The smallest absolute Gasteiger partial charge is 0.381 e. The minimum Gasteiger partial charge on any atom is -0.381 e. The first-order chi connectivity index (χ1) is 14.9. The SMILES string of the molecule is O=C(Nc1cccc2c1=C1C=CC(CC3COC3)C=C1N=2)c1cccc(C(F)(F)F)n1. The molecule has 31 heavy (non-hydrogen) atoms. The zero-order valence-corrected chi connectivity index (χ0v) is 16.3. The molecule has 1 atom stereocenters. The van der Waals surface area contributed by atoms with Gasteiger partial charge in [0, 0.05) is 16.7 Å². The minimum absolute atomic E-state index is 0.276. The van der Waals surface area contributed by atoms with Crippen molar-refractivity contribution in [2.75, 3.05) is 18.5 Å². The number of fused-ring (bicyclic) bond motifs is 2. The van der Waals surface area contributed by atoms with E-state index in [1.165, 1.54) is 12.1 Å². The molecule has 0 radical (unpaired) electrons. The number of nitrogens with one attached hydrogen (secondary N) is 1. The summed E-state index contributed by atoms with van der Waals surface area (Å²) in [5, 5.41) is 4.18. The Morgan fingerprint density at radius 1 is 1.16 bits per heavy atom. The number of amides is 1. The van der Waals surface area contributed by atoms with Gasteiger partial charge in [0.25, 0.3) is 5.91 Å². The molecule has 1 unspecified atom stereocenters. The number of allylic oxidation sites excluding steroid dienone is 3. The molecular weight excluding hydrogens is 407 g/mol. The van der Waals surface area contributed by atoms with Crippen LogP contribution in [0, 0.1) is 11.8 Å². The molecule has 3 aliphatic rings. The topological polar surface area (TPSA) is 63.6 Å². The van der Waals surface area contributed by atoms with Crippen LogP contribution in [0.3, 0.4) is 0 Å². The van der Waals surface area contributed by atoms with Gasteiger partial charge in [0.1, 0.15) is 11.4 Å². The molecule has 1 amide bonds. The highest BCUT2D eigenvalue weighted by Gasteiger charge is 2.33. The van der Waals surface area contributed by atoms with E-state index >= 15 is 0 Å². The molecule has 8 heteroatoms.